The highest BCUT2D eigenvalue weighted by atomic mass is 35.5. The smallest absolute Gasteiger partial charge is 0.259 e. The molecule has 0 saturated carbocycles. The van der Waals surface area contributed by atoms with E-state index in [-0.39, 0.29) is 12.2 Å². The fourth-order valence-electron chi connectivity index (χ4n) is 3.25. The Hall–Kier alpha value is -2.93. The van der Waals surface area contributed by atoms with Gasteiger partial charge in [-0.15, -0.1) is 0 Å². The molecule has 2 aromatic heterocycles. The highest BCUT2D eigenvalue weighted by molar-refractivity contribution is 6.39. The summed E-state index contributed by atoms with van der Waals surface area (Å²) in [6.07, 6.45) is 2.26. The van der Waals surface area contributed by atoms with Gasteiger partial charge in [0.15, 0.2) is 0 Å². The number of hydrogen-bond acceptors (Lipinski definition) is 5. The highest BCUT2D eigenvalue weighted by Crippen LogP contribution is 2.33. The van der Waals surface area contributed by atoms with Crippen LogP contribution < -0.4 is 10.9 Å². The number of benzene rings is 2. The molecule has 2 aromatic carbocycles. The van der Waals surface area contributed by atoms with E-state index >= 15 is 0 Å². The fraction of sp³-hybridized carbons (Fsp3) is 0.136. The molecule has 0 spiro atoms. The highest BCUT2D eigenvalue weighted by Gasteiger charge is 2.16. The molecular weight excluding hydrogens is 423 g/mol. The molecule has 0 amide bonds. The zero-order chi connectivity index (χ0) is 21.3. The zero-order valence-corrected chi connectivity index (χ0v) is 17.6. The van der Waals surface area contributed by atoms with Crippen molar-refractivity contribution in [2.75, 3.05) is 11.9 Å². The number of rotatable bonds is 5. The number of nitrogens with zero attached hydrogens (tertiary/aromatic N) is 3. The van der Waals surface area contributed by atoms with Crippen molar-refractivity contribution in [3.05, 3.63) is 80.7 Å². The molecule has 0 radical (unpaired) electrons. The lowest BCUT2D eigenvalue weighted by Crippen LogP contribution is -2.20. The summed E-state index contributed by atoms with van der Waals surface area (Å²) >= 11 is 12.6. The summed E-state index contributed by atoms with van der Waals surface area (Å²) in [6, 6.07) is 14.5. The average Bonchev–Trinajstić information content (AvgIpc) is 2.73. The zero-order valence-electron chi connectivity index (χ0n) is 16.1. The summed E-state index contributed by atoms with van der Waals surface area (Å²) in [4.78, 5) is 21.9. The Morgan fingerprint density at radius 3 is 2.47 bits per heavy atom. The summed E-state index contributed by atoms with van der Waals surface area (Å²) in [5.41, 5.74) is 2.96. The third kappa shape index (κ3) is 3.89. The van der Waals surface area contributed by atoms with Gasteiger partial charge in [0.1, 0.15) is 5.65 Å². The second-order valence-electron chi connectivity index (χ2n) is 6.79. The number of aliphatic hydroxyl groups excluding tert-OH is 1. The van der Waals surface area contributed by atoms with Crippen molar-refractivity contribution in [3.63, 3.8) is 0 Å². The molecule has 0 saturated heterocycles. The summed E-state index contributed by atoms with van der Waals surface area (Å²) in [5.74, 6) is 0.371. The van der Waals surface area contributed by atoms with Gasteiger partial charge in [-0.25, -0.2) is 4.98 Å². The summed E-state index contributed by atoms with van der Waals surface area (Å²) in [6.45, 7) is 0.107. The van der Waals surface area contributed by atoms with Gasteiger partial charge in [0, 0.05) is 36.5 Å². The third-order valence-electron chi connectivity index (χ3n) is 4.79. The first kappa shape index (κ1) is 20.3. The first-order valence-electron chi connectivity index (χ1n) is 9.26. The second kappa shape index (κ2) is 8.44. The Morgan fingerprint density at radius 1 is 1.10 bits per heavy atom. The van der Waals surface area contributed by atoms with Crippen LogP contribution in [-0.2, 0) is 13.5 Å². The van der Waals surface area contributed by atoms with E-state index in [1.54, 1.807) is 37.5 Å². The van der Waals surface area contributed by atoms with E-state index in [2.05, 4.69) is 15.3 Å². The van der Waals surface area contributed by atoms with Crippen LogP contribution >= 0.6 is 23.2 Å². The molecule has 8 heteroatoms. The molecule has 2 N–H and O–H groups in total. The number of pyridine rings is 1. The molecule has 152 valence electrons. The van der Waals surface area contributed by atoms with E-state index in [1.165, 1.54) is 4.57 Å². The number of fused-ring (bicyclic) bond motifs is 1. The SMILES string of the molecule is Cn1c(=O)c(-c2c(Cl)cccc2Cl)cc2cnc(Nc3ccc(CCO)cc3)nc21. The monoisotopic (exact) mass is 440 g/mol. The molecule has 0 aliphatic heterocycles. The first-order chi connectivity index (χ1) is 14.5. The molecule has 4 rings (SSSR count). The van der Waals surface area contributed by atoms with Crippen molar-refractivity contribution in [3.8, 4) is 11.1 Å². The third-order valence-corrected chi connectivity index (χ3v) is 5.42. The van der Waals surface area contributed by atoms with Gasteiger partial charge >= 0.3 is 0 Å². The van der Waals surface area contributed by atoms with Crippen molar-refractivity contribution in [1.29, 1.82) is 0 Å². The molecule has 0 bridgehead atoms. The maximum absolute atomic E-state index is 13.0. The molecule has 0 aliphatic rings. The maximum atomic E-state index is 13.0. The lowest BCUT2D eigenvalue weighted by Gasteiger charge is -2.12. The maximum Gasteiger partial charge on any atom is 0.259 e. The summed E-state index contributed by atoms with van der Waals surface area (Å²) in [7, 11) is 1.65. The van der Waals surface area contributed by atoms with Gasteiger partial charge in [-0.2, -0.15) is 4.98 Å². The molecule has 30 heavy (non-hydrogen) atoms. The van der Waals surface area contributed by atoms with Crippen LogP contribution in [0.2, 0.25) is 10.0 Å². The van der Waals surface area contributed by atoms with E-state index in [4.69, 9.17) is 28.3 Å². The molecule has 2 heterocycles. The Balaban J connectivity index is 1.74. The summed E-state index contributed by atoms with van der Waals surface area (Å²) in [5, 5.41) is 13.6. The standard InChI is InChI=1S/C22H18Cl2N4O2/c1-28-20-14(11-16(21(28)30)19-17(23)3-2-4-18(19)24)12-25-22(27-20)26-15-7-5-13(6-8-15)9-10-29/h2-8,11-12,29H,9-10H2,1H3,(H,25,26,27). The predicted octanol–water partition coefficient (Wildman–Crippen LogP) is 4.58. The average molecular weight is 441 g/mol. The van der Waals surface area contributed by atoms with Crippen molar-refractivity contribution in [2.45, 2.75) is 6.42 Å². The lowest BCUT2D eigenvalue weighted by atomic mass is 10.1. The number of nitrogens with one attached hydrogen (secondary N) is 1. The molecule has 0 aliphatic carbocycles. The number of aromatic nitrogens is 3. The van der Waals surface area contributed by atoms with Gasteiger partial charge < -0.3 is 10.4 Å². The minimum absolute atomic E-state index is 0.107. The lowest BCUT2D eigenvalue weighted by molar-refractivity contribution is 0.299. The Labute approximate surface area is 182 Å². The Kier molecular flexibility index (Phi) is 5.72. The number of anilines is 2. The van der Waals surface area contributed by atoms with E-state index in [1.807, 2.05) is 24.3 Å². The largest absolute Gasteiger partial charge is 0.396 e. The van der Waals surface area contributed by atoms with Gasteiger partial charge in [-0.05, 0) is 42.3 Å². The van der Waals surface area contributed by atoms with Crippen LogP contribution in [0.15, 0.2) is 59.5 Å². The van der Waals surface area contributed by atoms with E-state index in [9.17, 15) is 4.79 Å². The molecular formula is C22H18Cl2N4O2. The minimum Gasteiger partial charge on any atom is -0.396 e. The van der Waals surface area contributed by atoms with E-state index in [0.29, 0.717) is 44.6 Å². The van der Waals surface area contributed by atoms with Crippen molar-refractivity contribution in [1.82, 2.24) is 14.5 Å². The van der Waals surface area contributed by atoms with Crippen molar-refractivity contribution >= 4 is 45.9 Å². The molecule has 6 nitrogen and oxygen atoms in total. The predicted molar refractivity (Wildman–Crippen MR) is 121 cm³/mol. The van der Waals surface area contributed by atoms with Crippen LogP contribution in [0.3, 0.4) is 0 Å². The van der Waals surface area contributed by atoms with Gasteiger partial charge in [-0.1, -0.05) is 41.4 Å². The van der Waals surface area contributed by atoms with Gasteiger partial charge in [0.2, 0.25) is 5.95 Å². The van der Waals surface area contributed by atoms with Crippen LogP contribution in [0.1, 0.15) is 5.56 Å². The molecule has 0 fully saturated rings. The summed E-state index contributed by atoms with van der Waals surface area (Å²) < 4.78 is 1.46. The van der Waals surface area contributed by atoms with Crippen LogP contribution in [0, 0.1) is 0 Å². The number of hydrogen-bond donors (Lipinski definition) is 2. The first-order valence-corrected chi connectivity index (χ1v) is 10.0. The van der Waals surface area contributed by atoms with E-state index in [0.717, 1.165) is 11.3 Å². The quantitative estimate of drug-likeness (QED) is 0.474. The topological polar surface area (TPSA) is 80.0 Å². The Bertz CT molecular complexity index is 1270. The van der Waals surface area contributed by atoms with Gasteiger partial charge in [0.05, 0.1) is 15.6 Å². The molecule has 4 aromatic rings. The van der Waals surface area contributed by atoms with Crippen LogP contribution in [-0.4, -0.2) is 26.2 Å². The van der Waals surface area contributed by atoms with Gasteiger partial charge in [-0.3, -0.25) is 9.36 Å². The second-order valence-corrected chi connectivity index (χ2v) is 7.60. The van der Waals surface area contributed by atoms with E-state index < -0.39 is 0 Å². The van der Waals surface area contributed by atoms with Crippen LogP contribution in [0.5, 0.6) is 0 Å². The number of halogens is 2. The molecule has 0 atom stereocenters. The number of aryl methyl sites for hydroxylation is 1. The van der Waals surface area contributed by atoms with Crippen LogP contribution in [0.4, 0.5) is 11.6 Å². The normalized spacial score (nSPS) is 11.1. The fourth-order valence-corrected chi connectivity index (χ4v) is 3.86. The minimum atomic E-state index is -0.254. The number of aliphatic hydroxyl groups is 1. The van der Waals surface area contributed by atoms with Gasteiger partial charge in [0.25, 0.3) is 5.56 Å². The van der Waals surface area contributed by atoms with Crippen molar-refractivity contribution in [2.24, 2.45) is 7.05 Å². The van der Waals surface area contributed by atoms with Crippen LogP contribution in [0.25, 0.3) is 22.2 Å². The molecule has 0 unspecified atom stereocenters. The Morgan fingerprint density at radius 2 is 1.80 bits per heavy atom. The van der Waals surface area contributed by atoms with Crippen molar-refractivity contribution < 1.29 is 5.11 Å².